The molecular weight excluding hydrogens is 178 g/mol. The molecule has 1 amide bonds. The van der Waals surface area contributed by atoms with Gasteiger partial charge in [-0.25, -0.2) is 0 Å². The van der Waals surface area contributed by atoms with Crippen LogP contribution in [0, 0.1) is 11.3 Å². The number of hydrogen-bond donors (Lipinski definition) is 1. The van der Waals surface area contributed by atoms with Crippen molar-refractivity contribution >= 4 is 5.91 Å². The van der Waals surface area contributed by atoms with E-state index in [-0.39, 0.29) is 16.9 Å². The van der Waals surface area contributed by atoms with Crippen molar-refractivity contribution in [2.45, 2.75) is 39.7 Å². The minimum Gasteiger partial charge on any atom is -0.384 e. The maximum absolute atomic E-state index is 11.5. The highest BCUT2D eigenvalue weighted by molar-refractivity contribution is 5.81. The number of nitrogens with one attached hydrogen (secondary N) is 1. The SMILES string of the molecule is COCC1(C(C)C)CC(=O)NC1(C)C. The third-order valence-corrected chi connectivity index (χ3v) is 3.68. The second-order valence-corrected chi connectivity index (χ2v) is 5.09. The molecule has 0 aliphatic carbocycles. The summed E-state index contributed by atoms with van der Waals surface area (Å²) in [5.74, 6) is 0.567. The molecule has 1 heterocycles. The molecule has 1 rings (SSSR count). The lowest BCUT2D eigenvalue weighted by Gasteiger charge is -2.43. The number of carbonyl (C=O) groups excluding carboxylic acids is 1. The summed E-state index contributed by atoms with van der Waals surface area (Å²) in [6, 6.07) is 0. The Kier molecular flexibility index (Phi) is 2.91. The van der Waals surface area contributed by atoms with Crippen LogP contribution < -0.4 is 5.32 Å². The molecule has 1 atom stereocenters. The molecule has 0 spiro atoms. The summed E-state index contributed by atoms with van der Waals surface area (Å²) >= 11 is 0. The fourth-order valence-corrected chi connectivity index (χ4v) is 2.61. The van der Waals surface area contributed by atoms with E-state index in [2.05, 4.69) is 33.0 Å². The monoisotopic (exact) mass is 199 g/mol. The number of rotatable bonds is 3. The number of hydrogen-bond acceptors (Lipinski definition) is 2. The first-order valence-corrected chi connectivity index (χ1v) is 5.16. The molecule has 0 bridgehead atoms. The molecule has 1 saturated heterocycles. The zero-order chi connectivity index (χ0) is 11.0. The molecular formula is C11H21NO2. The highest BCUT2D eigenvalue weighted by Crippen LogP contribution is 2.46. The van der Waals surface area contributed by atoms with Gasteiger partial charge in [0.1, 0.15) is 0 Å². The maximum Gasteiger partial charge on any atom is 0.221 e. The average molecular weight is 199 g/mol. The van der Waals surface area contributed by atoms with Crippen LogP contribution in [-0.2, 0) is 9.53 Å². The van der Waals surface area contributed by atoms with E-state index in [1.807, 2.05) is 0 Å². The van der Waals surface area contributed by atoms with Gasteiger partial charge in [0.2, 0.25) is 5.91 Å². The molecule has 0 radical (unpaired) electrons. The molecule has 0 aromatic rings. The van der Waals surface area contributed by atoms with E-state index in [4.69, 9.17) is 4.74 Å². The van der Waals surface area contributed by atoms with Crippen LogP contribution in [-0.4, -0.2) is 25.2 Å². The van der Waals surface area contributed by atoms with Crippen LogP contribution in [0.3, 0.4) is 0 Å². The van der Waals surface area contributed by atoms with Crippen LogP contribution >= 0.6 is 0 Å². The predicted molar refractivity (Wildman–Crippen MR) is 56.0 cm³/mol. The number of ether oxygens (including phenoxy) is 1. The fourth-order valence-electron chi connectivity index (χ4n) is 2.61. The third-order valence-electron chi connectivity index (χ3n) is 3.68. The van der Waals surface area contributed by atoms with Gasteiger partial charge >= 0.3 is 0 Å². The van der Waals surface area contributed by atoms with Crippen molar-refractivity contribution in [3.8, 4) is 0 Å². The van der Waals surface area contributed by atoms with Crippen LogP contribution in [0.15, 0.2) is 0 Å². The first-order valence-electron chi connectivity index (χ1n) is 5.16. The maximum atomic E-state index is 11.5. The van der Waals surface area contributed by atoms with Gasteiger partial charge in [-0.3, -0.25) is 4.79 Å². The van der Waals surface area contributed by atoms with Crippen LogP contribution in [0.4, 0.5) is 0 Å². The van der Waals surface area contributed by atoms with Gasteiger partial charge in [-0.2, -0.15) is 0 Å². The Hall–Kier alpha value is -0.570. The van der Waals surface area contributed by atoms with E-state index in [0.717, 1.165) is 0 Å². The van der Waals surface area contributed by atoms with Crippen molar-refractivity contribution in [1.29, 1.82) is 0 Å². The number of carbonyl (C=O) groups is 1. The Balaban J connectivity index is 3.02. The van der Waals surface area contributed by atoms with Crippen molar-refractivity contribution in [1.82, 2.24) is 5.32 Å². The van der Waals surface area contributed by atoms with Gasteiger partial charge in [-0.1, -0.05) is 13.8 Å². The quantitative estimate of drug-likeness (QED) is 0.749. The lowest BCUT2D eigenvalue weighted by atomic mass is 9.65. The standard InChI is InChI=1S/C11H21NO2/c1-8(2)11(7-14-5)6-9(13)12-10(11,3)4/h8H,6-7H2,1-5H3,(H,12,13). The van der Waals surface area contributed by atoms with Gasteiger partial charge in [0.05, 0.1) is 6.61 Å². The van der Waals surface area contributed by atoms with E-state index in [1.54, 1.807) is 7.11 Å². The Morgan fingerprint density at radius 1 is 1.50 bits per heavy atom. The molecule has 3 nitrogen and oxygen atoms in total. The highest BCUT2D eigenvalue weighted by Gasteiger charge is 2.54. The van der Waals surface area contributed by atoms with Crippen molar-refractivity contribution in [2.24, 2.45) is 11.3 Å². The van der Waals surface area contributed by atoms with Gasteiger partial charge in [0.15, 0.2) is 0 Å². The van der Waals surface area contributed by atoms with Crippen LogP contribution in [0.1, 0.15) is 34.1 Å². The summed E-state index contributed by atoms with van der Waals surface area (Å²) < 4.78 is 5.28. The smallest absolute Gasteiger partial charge is 0.221 e. The molecule has 3 heteroatoms. The Morgan fingerprint density at radius 2 is 2.07 bits per heavy atom. The molecule has 0 aromatic carbocycles. The van der Waals surface area contributed by atoms with E-state index >= 15 is 0 Å². The third kappa shape index (κ3) is 1.54. The zero-order valence-corrected chi connectivity index (χ0v) is 9.81. The van der Waals surface area contributed by atoms with Crippen LogP contribution in [0.2, 0.25) is 0 Å². The normalized spacial score (nSPS) is 30.9. The number of methoxy groups -OCH3 is 1. The summed E-state index contributed by atoms with van der Waals surface area (Å²) in [6.07, 6.45) is 0.575. The van der Waals surface area contributed by atoms with Crippen LogP contribution in [0.5, 0.6) is 0 Å². The average Bonchev–Trinajstić information content (AvgIpc) is 2.22. The lowest BCUT2D eigenvalue weighted by Crippen LogP contribution is -2.52. The first kappa shape index (κ1) is 11.5. The van der Waals surface area contributed by atoms with E-state index in [1.165, 1.54) is 0 Å². The molecule has 1 aliphatic rings. The second kappa shape index (κ2) is 3.54. The Labute approximate surface area is 86.2 Å². The van der Waals surface area contributed by atoms with Crippen molar-refractivity contribution < 1.29 is 9.53 Å². The summed E-state index contributed by atoms with van der Waals surface area (Å²) in [6.45, 7) is 9.10. The molecule has 14 heavy (non-hydrogen) atoms. The molecule has 0 saturated carbocycles. The van der Waals surface area contributed by atoms with Gasteiger partial charge in [-0.15, -0.1) is 0 Å². The van der Waals surface area contributed by atoms with Crippen LogP contribution in [0.25, 0.3) is 0 Å². The van der Waals surface area contributed by atoms with Crippen molar-refractivity contribution in [2.75, 3.05) is 13.7 Å². The minimum atomic E-state index is -0.172. The molecule has 82 valence electrons. The second-order valence-electron chi connectivity index (χ2n) is 5.09. The molecule has 1 aliphatic heterocycles. The summed E-state index contributed by atoms with van der Waals surface area (Å²) in [4.78, 5) is 11.5. The summed E-state index contributed by atoms with van der Waals surface area (Å²) in [5, 5.41) is 3.03. The molecule has 1 unspecified atom stereocenters. The molecule has 1 N–H and O–H groups in total. The highest BCUT2D eigenvalue weighted by atomic mass is 16.5. The van der Waals surface area contributed by atoms with E-state index < -0.39 is 0 Å². The Bertz CT molecular complexity index is 235. The van der Waals surface area contributed by atoms with Gasteiger partial charge in [-0.05, 0) is 19.8 Å². The summed E-state index contributed by atoms with van der Waals surface area (Å²) in [7, 11) is 1.70. The van der Waals surface area contributed by atoms with Gasteiger partial charge in [0, 0.05) is 24.5 Å². The fraction of sp³-hybridized carbons (Fsp3) is 0.909. The van der Waals surface area contributed by atoms with Crippen molar-refractivity contribution in [3.05, 3.63) is 0 Å². The van der Waals surface area contributed by atoms with Gasteiger partial charge < -0.3 is 10.1 Å². The predicted octanol–water partition coefficient (Wildman–Crippen LogP) is 1.57. The van der Waals surface area contributed by atoms with Gasteiger partial charge in [0.25, 0.3) is 0 Å². The lowest BCUT2D eigenvalue weighted by molar-refractivity contribution is -0.120. The molecule has 1 fully saturated rings. The van der Waals surface area contributed by atoms with E-state index in [9.17, 15) is 4.79 Å². The number of amides is 1. The minimum absolute atomic E-state index is 0.0706. The largest absolute Gasteiger partial charge is 0.384 e. The molecule has 0 aromatic heterocycles. The van der Waals surface area contributed by atoms with Crippen molar-refractivity contribution in [3.63, 3.8) is 0 Å². The van der Waals surface area contributed by atoms with E-state index in [0.29, 0.717) is 18.9 Å². The zero-order valence-electron chi connectivity index (χ0n) is 9.81. The topological polar surface area (TPSA) is 38.3 Å². The summed E-state index contributed by atoms with van der Waals surface area (Å²) in [5.41, 5.74) is -0.243. The first-order chi connectivity index (χ1) is 6.35. The Morgan fingerprint density at radius 3 is 2.36 bits per heavy atom.